The predicted octanol–water partition coefficient (Wildman–Crippen LogP) is -1.80. The average Bonchev–Trinajstić information content (AvgIpc) is 2.11. The van der Waals surface area contributed by atoms with E-state index in [4.69, 9.17) is 21.4 Å². The molecule has 8 heteroatoms. The molecular formula is C5H13O7P. The monoisotopic (exact) mass is 217 g/mol. The van der Waals surface area contributed by atoms with Crippen molar-refractivity contribution in [3.05, 3.63) is 0 Å². The van der Waals surface area contributed by atoms with Crippen molar-refractivity contribution in [3.63, 3.8) is 0 Å². The summed E-state index contributed by atoms with van der Waals surface area (Å²) >= 11 is 0. The minimum Gasteiger partial charge on any atom is -0.394 e. The van der Waals surface area contributed by atoms with E-state index in [1.807, 2.05) is 0 Å². The van der Waals surface area contributed by atoms with Crippen LogP contribution in [0.5, 0.6) is 0 Å². The number of rotatable bonds is 5. The van der Waals surface area contributed by atoms with Crippen LogP contribution in [0.4, 0.5) is 0 Å². The first-order valence-electron chi connectivity index (χ1n) is 3.96. The van der Waals surface area contributed by atoms with Gasteiger partial charge in [0.25, 0.3) is 0 Å². The Morgan fingerprint density at radius 3 is 2.54 bits per heavy atom. The lowest BCUT2D eigenvalue weighted by atomic mass is 10.0. The molecule has 0 rings (SSSR count). The third-order valence-electron chi connectivity index (χ3n) is 1.28. The van der Waals surface area contributed by atoms with Crippen LogP contribution in [0.3, 0.4) is 0 Å². The van der Waals surface area contributed by atoms with Crippen LogP contribution in [-0.2, 0) is 9.09 Å². The van der Waals surface area contributed by atoms with Gasteiger partial charge in [-0.2, -0.15) is 0 Å². The van der Waals surface area contributed by atoms with Crippen molar-refractivity contribution < 1.29 is 35.6 Å². The van der Waals surface area contributed by atoms with Gasteiger partial charge in [0.15, 0.2) is 0 Å². The molecule has 0 spiro atoms. The van der Waals surface area contributed by atoms with E-state index in [-0.39, 0.29) is 0 Å². The van der Waals surface area contributed by atoms with Crippen LogP contribution in [0.25, 0.3) is 0 Å². The first-order valence-corrected chi connectivity index (χ1v) is 4.79. The second kappa shape index (κ2) is 4.47. The van der Waals surface area contributed by atoms with E-state index in [0.717, 1.165) is 0 Å². The van der Waals surface area contributed by atoms with E-state index in [0.29, 0.717) is 0 Å². The van der Waals surface area contributed by atoms with Crippen molar-refractivity contribution in [2.24, 2.45) is 0 Å². The average molecular weight is 217 g/mol. The van der Waals surface area contributed by atoms with Crippen LogP contribution in [0, 0.1) is 0 Å². The van der Waals surface area contributed by atoms with Crippen LogP contribution in [0.2, 0.25) is 0 Å². The van der Waals surface area contributed by atoms with E-state index < -0.39 is 39.6 Å². The largest absolute Gasteiger partial charge is 0.469 e. The summed E-state index contributed by atoms with van der Waals surface area (Å²) < 4.78 is 21.0. The first-order chi connectivity index (χ1) is 6.25. The van der Waals surface area contributed by atoms with Gasteiger partial charge in [0.2, 0.25) is 0 Å². The van der Waals surface area contributed by atoms with Gasteiger partial charge in [-0.1, -0.05) is 0 Å². The van der Waals surface area contributed by atoms with Crippen LogP contribution in [0.1, 0.15) is 8.27 Å². The van der Waals surface area contributed by atoms with Gasteiger partial charge >= 0.3 is 7.82 Å². The highest BCUT2D eigenvalue weighted by Gasteiger charge is 2.32. The molecule has 0 aromatic heterocycles. The van der Waals surface area contributed by atoms with Gasteiger partial charge < -0.3 is 25.1 Å². The zero-order chi connectivity index (χ0) is 11.4. The minimum atomic E-state index is -4.76. The fourth-order valence-electron chi connectivity index (χ4n) is 0.462. The standard InChI is InChI=1S/C5H13O7P/c1-5(8,4(7)2-6)3-12-13(9,10)11/h4,6-8H,2-3H2,1H3,(H2,9,10,11)/t4-,5+/m1/s1/i1D. The SMILES string of the molecule is [2H]C[C@](O)(COP(=O)(O)O)[C@H](O)CO. The topological polar surface area (TPSA) is 127 Å². The Labute approximate surface area is 76.2 Å². The van der Waals surface area contributed by atoms with Crippen molar-refractivity contribution in [1.82, 2.24) is 0 Å². The number of phosphoric acid groups is 1. The van der Waals surface area contributed by atoms with Crippen molar-refractivity contribution in [3.8, 4) is 0 Å². The van der Waals surface area contributed by atoms with Gasteiger partial charge in [0.05, 0.1) is 13.2 Å². The molecule has 5 N–H and O–H groups in total. The molecule has 13 heavy (non-hydrogen) atoms. The van der Waals surface area contributed by atoms with Crippen LogP contribution < -0.4 is 0 Å². The van der Waals surface area contributed by atoms with Crippen molar-refractivity contribution in [2.75, 3.05) is 13.2 Å². The van der Waals surface area contributed by atoms with Gasteiger partial charge in [0, 0.05) is 1.37 Å². The van der Waals surface area contributed by atoms with Crippen LogP contribution in [0.15, 0.2) is 0 Å². The molecule has 80 valence electrons. The van der Waals surface area contributed by atoms with E-state index in [1.165, 1.54) is 0 Å². The lowest BCUT2D eigenvalue weighted by Gasteiger charge is -2.27. The van der Waals surface area contributed by atoms with Crippen molar-refractivity contribution in [1.29, 1.82) is 0 Å². The molecule has 0 heterocycles. The maximum absolute atomic E-state index is 10.3. The fraction of sp³-hybridized carbons (Fsp3) is 1.00. The van der Waals surface area contributed by atoms with E-state index in [9.17, 15) is 9.67 Å². The zero-order valence-electron chi connectivity index (χ0n) is 7.70. The molecule has 0 aliphatic rings. The Balaban J connectivity index is 4.34. The van der Waals surface area contributed by atoms with Crippen molar-refractivity contribution in [2.45, 2.75) is 18.6 Å². The van der Waals surface area contributed by atoms with Gasteiger partial charge in [0.1, 0.15) is 11.7 Å². The maximum atomic E-state index is 10.3. The third-order valence-corrected chi connectivity index (χ3v) is 1.74. The molecule has 0 unspecified atom stereocenters. The summed E-state index contributed by atoms with van der Waals surface area (Å²) in [5.41, 5.74) is -2.18. The Hall–Kier alpha value is -0.0100. The molecule has 0 amide bonds. The number of hydrogen-bond acceptors (Lipinski definition) is 5. The summed E-state index contributed by atoms with van der Waals surface area (Å²) in [7, 11) is -4.76. The highest BCUT2D eigenvalue weighted by molar-refractivity contribution is 7.46. The highest BCUT2D eigenvalue weighted by atomic mass is 31.2. The van der Waals surface area contributed by atoms with E-state index >= 15 is 0 Å². The zero-order valence-corrected chi connectivity index (χ0v) is 7.59. The molecule has 7 nitrogen and oxygen atoms in total. The van der Waals surface area contributed by atoms with Gasteiger partial charge in [-0.3, -0.25) is 4.52 Å². The van der Waals surface area contributed by atoms with E-state index in [1.54, 1.807) is 0 Å². The molecule has 0 fully saturated rings. The molecule has 0 bridgehead atoms. The predicted molar refractivity (Wildman–Crippen MR) is 41.7 cm³/mol. The summed E-state index contributed by atoms with van der Waals surface area (Å²) in [6, 6.07) is 0. The number of aliphatic hydroxyl groups excluding tert-OH is 2. The normalized spacial score (nSPS) is 20.5. The van der Waals surface area contributed by atoms with Gasteiger partial charge in [-0.05, 0) is 6.90 Å². The molecule has 0 aliphatic heterocycles. The molecule has 0 aliphatic carbocycles. The Bertz CT molecular complexity index is 218. The highest BCUT2D eigenvalue weighted by Crippen LogP contribution is 2.36. The van der Waals surface area contributed by atoms with Crippen LogP contribution >= 0.6 is 7.82 Å². The van der Waals surface area contributed by atoms with Gasteiger partial charge in [-0.15, -0.1) is 0 Å². The molecule has 2 atom stereocenters. The molecule has 0 saturated carbocycles. The number of phosphoric ester groups is 1. The summed E-state index contributed by atoms with van der Waals surface area (Å²) in [5.74, 6) is 0. The Morgan fingerprint density at radius 2 is 2.23 bits per heavy atom. The summed E-state index contributed by atoms with van der Waals surface area (Å²) in [4.78, 5) is 16.6. The lowest BCUT2D eigenvalue weighted by Crippen LogP contribution is -2.45. The summed E-state index contributed by atoms with van der Waals surface area (Å²) in [5, 5.41) is 26.9. The quantitative estimate of drug-likeness (QED) is 0.344. The Morgan fingerprint density at radius 1 is 1.69 bits per heavy atom. The van der Waals surface area contributed by atoms with Gasteiger partial charge in [-0.25, -0.2) is 4.57 Å². The molecule has 0 saturated heterocycles. The van der Waals surface area contributed by atoms with Crippen LogP contribution in [-0.4, -0.2) is 50.0 Å². The smallest absolute Gasteiger partial charge is 0.394 e. The van der Waals surface area contributed by atoms with E-state index in [2.05, 4.69) is 4.52 Å². The van der Waals surface area contributed by atoms with Crippen molar-refractivity contribution >= 4 is 7.82 Å². The molecule has 0 aromatic carbocycles. The number of hydrogen-bond donors (Lipinski definition) is 5. The minimum absolute atomic E-state index is 0.755. The second-order valence-corrected chi connectivity index (χ2v) is 3.81. The first kappa shape index (κ1) is 11.1. The summed E-state index contributed by atoms with van der Waals surface area (Å²) in [6.45, 7) is -2.52. The second-order valence-electron chi connectivity index (χ2n) is 2.57. The lowest BCUT2D eigenvalue weighted by molar-refractivity contribution is -0.106. The fourth-order valence-corrected chi connectivity index (χ4v) is 0.854. The maximum Gasteiger partial charge on any atom is 0.469 e. The number of aliphatic hydroxyl groups is 3. The Kier molecular flexibility index (Phi) is 3.81. The summed E-state index contributed by atoms with van der Waals surface area (Å²) in [6.07, 6.45) is -1.69. The third kappa shape index (κ3) is 5.33. The molecular weight excluding hydrogens is 203 g/mol. The molecule has 0 aromatic rings. The molecule has 0 radical (unpaired) electrons.